The van der Waals surface area contributed by atoms with Gasteiger partial charge in [-0.3, -0.25) is 4.68 Å². The molecule has 0 amide bonds. The molecule has 0 fully saturated rings. The van der Waals surface area contributed by atoms with E-state index in [-0.39, 0.29) is 6.04 Å². The first-order valence-electron chi connectivity index (χ1n) is 5.51. The Kier molecular flexibility index (Phi) is 3.54. The Morgan fingerprint density at radius 2 is 2.35 bits per heavy atom. The molecule has 1 atom stereocenters. The molecule has 0 radical (unpaired) electrons. The lowest BCUT2D eigenvalue weighted by molar-refractivity contribution is 0.534. The summed E-state index contributed by atoms with van der Waals surface area (Å²) in [6, 6.07) is 4.11. The molecule has 0 aliphatic heterocycles. The predicted molar refractivity (Wildman–Crippen MR) is 67.2 cm³/mol. The van der Waals surface area contributed by atoms with Crippen LogP contribution in [0.4, 0.5) is 0 Å². The molecule has 5 heteroatoms. The molecule has 1 unspecified atom stereocenters. The molecule has 0 aliphatic carbocycles. The van der Waals surface area contributed by atoms with Crippen molar-refractivity contribution in [3.05, 3.63) is 40.6 Å². The molecule has 2 aromatic rings. The highest BCUT2D eigenvalue weighted by molar-refractivity contribution is 6.29. The van der Waals surface area contributed by atoms with E-state index in [1.807, 2.05) is 31.8 Å². The van der Waals surface area contributed by atoms with Crippen LogP contribution in [0.25, 0.3) is 0 Å². The molecular formula is C12H16ClN3O. The van der Waals surface area contributed by atoms with Crippen molar-refractivity contribution in [1.82, 2.24) is 15.1 Å². The third-order valence-corrected chi connectivity index (χ3v) is 3.19. The van der Waals surface area contributed by atoms with Crippen molar-refractivity contribution < 1.29 is 4.42 Å². The van der Waals surface area contributed by atoms with E-state index in [0.717, 1.165) is 17.7 Å². The number of hydrogen-bond acceptors (Lipinski definition) is 3. The lowest BCUT2D eigenvalue weighted by atomic mass is 10.1. The smallest absolute Gasteiger partial charge is 0.197 e. The van der Waals surface area contributed by atoms with E-state index in [9.17, 15) is 0 Å². The number of nitrogens with one attached hydrogen (secondary N) is 1. The number of halogens is 1. The third-order valence-electron chi connectivity index (χ3n) is 2.88. The SMILES string of the molecule is CNC(Cc1cc(C)nn1C)c1ccoc1Cl. The Bertz CT molecular complexity index is 504. The van der Waals surface area contributed by atoms with Crippen LogP contribution in [0.5, 0.6) is 0 Å². The highest BCUT2D eigenvalue weighted by Crippen LogP contribution is 2.26. The fraction of sp³-hybridized carbons (Fsp3) is 0.417. The Balaban J connectivity index is 2.21. The van der Waals surface area contributed by atoms with Gasteiger partial charge in [0, 0.05) is 30.8 Å². The van der Waals surface area contributed by atoms with E-state index in [4.69, 9.17) is 16.0 Å². The van der Waals surface area contributed by atoms with Crippen LogP contribution < -0.4 is 5.32 Å². The maximum Gasteiger partial charge on any atom is 0.197 e. The topological polar surface area (TPSA) is 43.0 Å². The zero-order valence-corrected chi connectivity index (χ0v) is 11.0. The lowest BCUT2D eigenvalue weighted by Crippen LogP contribution is -2.19. The summed E-state index contributed by atoms with van der Waals surface area (Å²) in [6.45, 7) is 1.99. The van der Waals surface area contributed by atoms with Crippen LogP contribution in [-0.4, -0.2) is 16.8 Å². The summed E-state index contributed by atoms with van der Waals surface area (Å²) in [6.07, 6.45) is 2.43. The van der Waals surface area contributed by atoms with Gasteiger partial charge < -0.3 is 9.73 Å². The molecule has 0 bridgehead atoms. The van der Waals surface area contributed by atoms with Crippen LogP contribution in [0, 0.1) is 6.92 Å². The van der Waals surface area contributed by atoms with Crippen LogP contribution in [-0.2, 0) is 13.5 Å². The summed E-state index contributed by atoms with van der Waals surface area (Å²) < 4.78 is 7.02. The quantitative estimate of drug-likeness (QED) is 0.910. The van der Waals surface area contributed by atoms with E-state index >= 15 is 0 Å². The van der Waals surface area contributed by atoms with E-state index in [2.05, 4.69) is 16.5 Å². The van der Waals surface area contributed by atoms with E-state index in [1.165, 1.54) is 5.69 Å². The summed E-state index contributed by atoms with van der Waals surface area (Å²) in [5.74, 6) is 0. The highest BCUT2D eigenvalue weighted by atomic mass is 35.5. The van der Waals surface area contributed by atoms with Gasteiger partial charge in [-0.25, -0.2) is 0 Å². The Morgan fingerprint density at radius 3 is 2.82 bits per heavy atom. The van der Waals surface area contributed by atoms with Gasteiger partial charge in [0.05, 0.1) is 12.0 Å². The van der Waals surface area contributed by atoms with Crippen molar-refractivity contribution in [3.8, 4) is 0 Å². The molecular weight excluding hydrogens is 238 g/mol. The van der Waals surface area contributed by atoms with E-state index < -0.39 is 0 Å². The molecule has 2 aromatic heterocycles. The number of aryl methyl sites for hydroxylation is 2. The zero-order valence-electron chi connectivity index (χ0n) is 10.2. The molecule has 4 nitrogen and oxygen atoms in total. The average Bonchev–Trinajstić information content (AvgIpc) is 2.82. The number of nitrogens with zero attached hydrogens (tertiary/aromatic N) is 2. The fourth-order valence-electron chi connectivity index (χ4n) is 1.99. The Labute approximate surface area is 106 Å². The predicted octanol–water partition coefficient (Wildman–Crippen LogP) is 2.48. The summed E-state index contributed by atoms with van der Waals surface area (Å²) in [4.78, 5) is 0. The van der Waals surface area contributed by atoms with Crippen LogP contribution in [0.15, 0.2) is 22.8 Å². The second-order valence-electron chi connectivity index (χ2n) is 4.10. The van der Waals surface area contributed by atoms with Gasteiger partial charge in [0.15, 0.2) is 5.22 Å². The van der Waals surface area contributed by atoms with Gasteiger partial charge in [0.1, 0.15) is 0 Å². The second kappa shape index (κ2) is 4.94. The van der Waals surface area contributed by atoms with Gasteiger partial charge in [-0.05, 0) is 37.7 Å². The van der Waals surface area contributed by atoms with Gasteiger partial charge >= 0.3 is 0 Å². The summed E-state index contributed by atoms with van der Waals surface area (Å²) >= 11 is 6.00. The van der Waals surface area contributed by atoms with E-state index in [1.54, 1.807) is 6.26 Å². The number of aromatic nitrogens is 2. The third kappa shape index (κ3) is 2.53. The number of furan rings is 1. The second-order valence-corrected chi connectivity index (χ2v) is 4.44. The van der Waals surface area contributed by atoms with Crippen molar-refractivity contribution in [2.24, 2.45) is 7.05 Å². The molecule has 2 rings (SSSR count). The first kappa shape index (κ1) is 12.2. The molecule has 0 spiro atoms. The van der Waals surface area contributed by atoms with E-state index in [0.29, 0.717) is 5.22 Å². The lowest BCUT2D eigenvalue weighted by Gasteiger charge is -2.14. The Morgan fingerprint density at radius 1 is 1.59 bits per heavy atom. The van der Waals surface area contributed by atoms with Crippen molar-refractivity contribution in [2.45, 2.75) is 19.4 Å². The molecule has 0 saturated heterocycles. The molecule has 1 N–H and O–H groups in total. The first-order chi connectivity index (χ1) is 8.11. The zero-order chi connectivity index (χ0) is 12.4. The fourth-order valence-corrected chi connectivity index (χ4v) is 2.23. The number of rotatable bonds is 4. The minimum atomic E-state index is 0.135. The van der Waals surface area contributed by atoms with Gasteiger partial charge in [0.2, 0.25) is 0 Å². The number of hydrogen-bond donors (Lipinski definition) is 1. The monoisotopic (exact) mass is 253 g/mol. The maximum atomic E-state index is 6.00. The van der Waals surface area contributed by atoms with Gasteiger partial charge in [-0.15, -0.1) is 0 Å². The van der Waals surface area contributed by atoms with Crippen molar-refractivity contribution in [3.63, 3.8) is 0 Å². The highest BCUT2D eigenvalue weighted by Gasteiger charge is 2.17. The molecule has 92 valence electrons. The normalized spacial score (nSPS) is 12.9. The Hall–Kier alpha value is -1.26. The molecule has 17 heavy (non-hydrogen) atoms. The molecule has 0 aliphatic rings. The van der Waals surface area contributed by atoms with Crippen molar-refractivity contribution in [2.75, 3.05) is 7.05 Å². The number of likely N-dealkylation sites (N-methyl/N-ethyl adjacent to an activating group) is 1. The average molecular weight is 254 g/mol. The molecule has 2 heterocycles. The van der Waals surface area contributed by atoms with Crippen LogP contribution in [0.3, 0.4) is 0 Å². The first-order valence-corrected chi connectivity index (χ1v) is 5.89. The minimum absolute atomic E-state index is 0.135. The van der Waals surface area contributed by atoms with Crippen molar-refractivity contribution in [1.29, 1.82) is 0 Å². The summed E-state index contributed by atoms with van der Waals surface area (Å²) in [5.41, 5.74) is 3.17. The van der Waals surface area contributed by atoms with Gasteiger partial charge in [0.25, 0.3) is 0 Å². The molecule has 0 aromatic carbocycles. The minimum Gasteiger partial charge on any atom is -0.453 e. The summed E-state index contributed by atoms with van der Waals surface area (Å²) in [5, 5.41) is 8.03. The van der Waals surface area contributed by atoms with Gasteiger partial charge in [-0.2, -0.15) is 5.10 Å². The van der Waals surface area contributed by atoms with Crippen LogP contribution in [0.1, 0.15) is 23.0 Å². The van der Waals surface area contributed by atoms with Gasteiger partial charge in [-0.1, -0.05) is 0 Å². The molecule has 0 saturated carbocycles. The van der Waals surface area contributed by atoms with Crippen molar-refractivity contribution >= 4 is 11.6 Å². The maximum absolute atomic E-state index is 6.00. The standard InChI is InChI=1S/C12H16ClN3O/c1-8-6-9(16(3)15-8)7-11(14-2)10-4-5-17-12(10)13/h4-6,11,14H,7H2,1-3H3. The summed E-state index contributed by atoms with van der Waals surface area (Å²) in [7, 11) is 3.86. The van der Waals surface area contributed by atoms with Crippen LogP contribution in [0.2, 0.25) is 5.22 Å². The largest absolute Gasteiger partial charge is 0.453 e. The van der Waals surface area contributed by atoms with Crippen LogP contribution >= 0.6 is 11.6 Å².